The molecule has 1 unspecified atom stereocenters. The number of hydrogen-bond donors (Lipinski definition) is 0. The van der Waals surface area contributed by atoms with Crippen LogP contribution < -0.4 is 10.2 Å². The third kappa shape index (κ3) is 34.7. The van der Waals surface area contributed by atoms with E-state index < -0.39 is 24.0 Å². The first-order valence-corrected chi connectivity index (χ1v) is 29.3. The summed E-state index contributed by atoms with van der Waals surface area (Å²) in [5.74, 6) is -3.07. The quantitative estimate of drug-likeness (QED) is 0.0489. The van der Waals surface area contributed by atoms with Gasteiger partial charge in [-0.15, -0.1) is 0 Å². The summed E-state index contributed by atoms with van der Waals surface area (Å²) in [5, 5.41) is 22.7. The molecule has 2 aromatic rings. The minimum atomic E-state index is -1.98. The molecule has 340 valence electrons. The summed E-state index contributed by atoms with van der Waals surface area (Å²) >= 11 is 0.00985. The summed E-state index contributed by atoms with van der Waals surface area (Å²) in [7, 11) is 0. The molecule has 0 saturated heterocycles. The average molecular weight is 938 g/mol. The van der Waals surface area contributed by atoms with Crippen molar-refractivity contribution >= 4 is 33.1 Å². The smallest absolute Gasteiger partial charge is 0.550 e. The van der Waals surface area contributed by atoms with Crippen molar-refractivity contribution in [3.05, 3.63) is 71.8 Å². The summed E-state index contributed by atoms with van der Waals surface area (Å²) in [6, 6.07) is 17.6. The molecule has 0 fully saturated rings. The van der Waals surface area contributed by atoms with Gasteiger partial charge in [0.15, 0.2) is 0 Å². The monoisotopic (exact) mass is 939 g/mol. The van der Waals surface area contributed by atoms with E-state index in [1.54, 1.807) is 76.3 Å². The van der Waals surface area contributed by atoms with Gasteiger partial charge < -0.3 is 24.5 Å². The molecule has 6 heteroatoms. The average Bonchev–Trinajstić information content (AvgIpc) is 3.25. The van der Waals surface area contributed by atoms with Gasteiger partial charge in [-0.05, 0) is 11.1 Å². The number of carbonyl (C=O) groups is 2. The van der Waals surface area contributed by atoms with Gasteiger partial charge in [0, 0.05) is 18.8 Å². The van der Waals surface area contributed by atoms with E-state index in [4.69, 9.17) is 4.74 Å². The number of aliphatic carboxylic acids is 2. The molecule has 60 heavy (non-hydrogen) atoms. The Bertz CT molecular complexity index is 1170. The van der Waals surface area contributed by atoms with Crippen LogP contribution in [0.25, 0.3) is 0 Å². The van der Waals surface area contributed by atoms with Gasteiger partial charge in [-0.2, -0.15) is 0 Å². The molecular formula is C54H90O5Sn. The van der Waals surface area contributed by atoms with Crippen molar-refractivity contribution in [1.29, 1.82) is 0 Å². The second-order valence-corrected chi connectivity index (χ2v) is 21.9. The first-order valence-electron chi connectivity index (χ1n) is 25.3. The second-order valence-electron chi connectivity index (χ2n) is 17.6. The molecule has 0 aliphatic rings. The fraction of sp³-hybridized carbons (Fsp3) is 0.741. The summed E-state index contributed by atoms with van der Waals surface area (Å²) in [5.41, 5.74) is -0.591. The summed E-state index contributed by atoms with van der Waals surface area (Å²) in [6.45, 7) is 4.59. The Labute approximate surface area is 380 Å². The van der Waals surface area contributed by atoms with E-state index in [-0.39, 0.29) is 34.2 Å². The molecular weight excluding hydrogens is 847 g/mol. The normalized spacial score (nSPS) is 12.0. The molecule has 1 atom stereocenters. The van der Waals surface area contributed by atoms with Crippen molar-refractivity contribution in [3.63, 3.8) is 0 Å². The molecule has 0 aromatic heterocycles. The van der Waals surface area contributed by atoms with Gasteiger partial charge in [-0.1, -0.05) is 139 Å². The number of carbonyl (C=O) groups excluding carboxylic acids is 2. The van der Waals surface area contributed by atoms with Gasteiger partial charge >= 0.3 is 171 Å². The van der Waals surface area contributed by atoms with E-state index in [0.717, 1.165) is 5.56 Å². The molecule has 0 bridgehead atoms. The van der Waals surface area contributed by atoms with Gasteiger partial charge in [0.2, 0.25) is 0 Å². The van der Waals surface area contributed by atoms with E-state index in [0.29, 0.717) is 5.56 Å². The number of carboxylic acids is 2. The zero-order valence-electron chi connectivity index (χ0n) is 39.0. The Morgan fingerprint density at radius 2 is 0.750 bits per heavy atom. The van der Waals surface area contributed by atoms with Crippen LogP contribution in [0.3, 0.4) is 0 Å². The van der Waals surface area contributed by atoms with Crippen molar-refractivity contribution < 1.29 is 24.5 Å². The van der Waals surface area contributed by atoms with E-state index in [1.807, 2.05) is 6.07 Å². The third-order valence-corrected chi connectivity index (χ3v) is 15.9. The van der Waals surface area contributed by atoms with Crippen LogP contribution in [-0.4, -0.2) is 38.7 Å². The molecule has 0 saturated carbocycles. The number of rotatable bonds is 42. The van der Waals surface area contributed by atoms with Crippen molar-refractivity contribution in [2.24, 2.45) is 0 Å². The predicted octanol–water partition coefficient (Wildman–Crippen LogP) is 14.1. The molecule has 0 spiro atoms. The molecule has 5 nitrogen and oxygen atoms in total. The molecule has 0 aliphatic heterocycles. The number of carboxylic acid groups (broad SMARTS) is 2. The van der Waals surface area contributed by atoms with Crippen LogP contribution in [0.1, 0.15) is 237 Å². The Hall–Kier alpha value is -1.86. The van der Waals surface area contributed by atoms with Crippen molar-refractivity contribution in [2.75, 3.05) is 0 Å². The van der Waals surface area contributed by atoms with Gasteiger partial charge in [-0.3, -0.25) is 0 Å². The summed E-state index contributed by atoms with van der Waals surface area (Å²) in [4.78, 5) is 22.7. The predicted molar refractivity (Wildman–Crippen MR) is 253 cm³/mol. The van der Waals surface area contributed by atoms with Crippen LogP contribution in [0.4, 0.5) is 0 Å². The standard InChI is InChI=1S/C18H18O5.2C18H37.Sn/c19-16(20)12-18(17(21)22,11-14-7-3-1-4-8-14)23-13-15-9-5-2-6-10-15;2*1-3-5-7-9-11-13-15-17-18-16-14-12-10-8-6-4-2;/h1-10H,11-13H2,(H,19,20)(H,21,22);2*1,3-18H2,2H3;/q;;;+2/p-2. The summed E-state index contributed by atoms with van der Waals surface area (Å²) < 4.78 is 8.84. The SMILES string of the molecule is CCCCCCCCCCCCCCCCC[CH2][Sn+2][CH2]CCCCCCCCCCCCCCCCC.O=C([O-])CC(Cc1ccccc1)(OCc1ccccc1)C(=O)[O-]. The van der Waals surface area contributed by atoms with Crippen LogP contribution in [0, 0.1) is 0 Å². The fourth-order valence-corrected chi connectivity index (χ4v) is 11.6. The molecule has 0 aliphatic carbocycles. The molecule has 0 radical (unpaired) electrons. The van der Waals surface area contributed by atoms with Crippen LogP contribution in [0.2, 0.25) is 8.87 Å². The number of benzene rings is 2. The number of unbranched alkanes of at least 4 members (excludes halogenated alkanes) is 30. The van der Waals surface area contributed by atoms with Gasteiger partial charge in [-0.25, -0.2) is 0 Å². The molecule has 2 aromatic carbocycles. The molecule has 0 amide bonds. The van der Waals surface area contributed by atoms with E-state index in [2.05, 4.69) is 13.8 Å². The zero-order chi connectivity index (χ0) is 43.5. The Balaban J connectivity index is 0.000000664. The number of hydrogen-bond acceptors (Lipinski definition) is 5. The number of ether oxygens (including phenoxy) is 1. The van der Waals surface area contributed by atoms with E-state index in [9.17, 15) is 19.8 Å². The van der Waals surface area contributed by atoms with Crippen molar-refractivity contribution in [1.82, 2.24) is 0 Å². The van der Waals surface area contributed by atoms with E-state index >= 15 is 0 Å². The Kier molecular flexibility index (Phi) is 39.7. The van der Waals surface area contributed by atoms with Gasteiger partial charge in [0.05, 0.1) is 12.6 Å². The maximum atomic E-state index is 11.7. The third-order valence-electron chi connectivity index (χ3n) is 11.9. The van der Waals surface area contributed by atoms with Crippen molar-refractivity contribution in [2.45, 2.75) is 253 Å². The molecule has 0 heterocycles. The molecule has 2 rings (SSSR count). The fourth-order valence-electron chi connectivity index (χ4n) is 8.04. The molecule has 0 N–H and O–H groups in total. The van der Waals surface area contributed by atoms with Crippen LogP contribution in [-0.2, 0) is 27.4 Å². The topological polar surface area (TPSA) is 89.5 Å². The second kappa shape index (κ2) is 42.4. The van der Waals surface area contributed by atoms with Crippen molar-refractivity contribution in [3.8, 4) is 0 Å². The van der Waals surface area contributed by atoms with Gasteiger partial charge in [0.1, 0.15) is 5.60 Å². The minimum Gasteiger partial charge on any atom is -0.550 e. The Morgan fingerprint density at radius 1 is 0.450 bits per heavy atom. The first kappa shape index (κ1) is 56.2. The zero-order valence-corrected chi connectivity index (χ0v) is 41.8. The Morgan fingerprint density at radius 3 is 1.05 bits per heavy atom. The van der Waals surface area contributed by atoms with Gasteiger partial charge in [0.25, 0.3) is 0 Å². The van der Waals surface area contributed by atoms with Crippen LogP contribution >= 0.6 is 0 Å². The maximum absolute atomic E-state index is 11.7. The minimum absolute atomic E-state index is 0.00985. The first-order chi connectivity index (χ1) is 29.4. The van der Waals surface area contributed by atoms with E-state index in [1.165, 1.54) is 193 Å². The van der Waals surface area contributed by atoms with Crippen LogP contribution in [0.5, 0.6) is 0 Å². The summed E-state index contributed by atoms with van der Waals surface area (Å²) in [6.07, 6.45) is 47.0. The van der Waals surface area contributed by atoms with Crippen LogP contribution in [0.15, 0.2) is 60.7 Å².